The number of carbonyl (C=O) groups excluding carboxylic acids is 2. The van der Waals surface area contributed by atoms with Gasteiger partial charge in [-0.2, -0.15) is 0 Å². The number of hydrogen-bond donors (Lipinski definition) is 0. The molecule has 0 N–H and O–H groups in total. The smallest absolute Gasteiger partial charge is 0.307 e. The lowest BCUT2D eigenvalue weighted by Gasteiger charge is -2.41. The molecule has 2 atom stereocenters. The van der Waals surface area contributed by atoms with Crippen LogP contribution >= 0.6 is 0 Å². The van der Waals surface area contributed by atoms with Gasteiger partial charge in [0.2, 0.25) is 5.91 Å². The van der Waals surface area contributed by atoms with Gasteiger partial charge in [0.1, 0.15) is 5.82 Å². The van der Waals surface area contributed by atoms with Crippen molar-refractivity contribution in [2.24, 2.45) is 5.92 Å². The Morgan fingerprint density at radius 1 is 1.02 bits per heavy atom. The summed E-state index contributed by atoms with van der Waals surface area (Å²) in [5, 5.41) is 2.63. The first-order valence-corrected chi connectivity index (χ1v) is 16.1. The van der Waals surface area contributed by atoms with Crippen molar-refractivity contribution in [1.82, 2.24) is 14.7 Å². The fourth-order valence-electron chi connectivity index (χ4n) is 6.52. The molecular formula is C35H48N4O4. The number of amides is 1. The maximum Gasteiger partial charge on any atom is 0.307 e. The fourth-order valence-corrected chi connectivity index (χ4v) is 6.52. The molecule has 1 fully saturated rings. The number of allylic oxidation sites excluding steroid dienone is 2. The Kier molecular flexibility index (Phi) is 10.8. The van der Waals surface area contributed by atoms with E-state index in [2.05, 4.69) is 78.3 Å². The van der Waals surface area contributed by atoms with Crippen LogP contribution in [0.25, 0.3) is 10.8 Å². The number of unbranched alkanes of at least 4 members (excludes halogenated alkanes) is 1. The maximum absolute atomic E-state index is 12.8. The number of hydrogen-bond acceptors (Lipinski definition) is 7. The molecule has 0 aliphatic carbocycles. The van der Waals surface area contributed by atoms with E-state index in [1.807, 2.05) is 11.9 Å². The van der Waals surface area contributed by atoms with Gasteiger partial charge in [-0.05, 0) is 54.8 Å². The molecule has 0 saturated carbocycles. The average molecular weight is 589 g/mol. The van der Waals surface area contributed by atoms with E-state index in [4.69, 9.17) is 9.47 Å². The highest BCUT2D eigenvalue weighted by Crippen LogP contribution is 2.32. The summed E-state index contributed by atoms with van der Waals surface area (Å²) in [5.41, 5.74) is 2.42. The topological polar surface area (TPSA) is 65.6 Å². The molecule has 2 aromatic rings. The number of ether oxygens (including phenoxy) is 2. The largest absolute Gasteiger partial charge is 0.444 e. The van der Waals surface area contributed by atoms with Crippen molar-refractivity contribution in [2.45, 2.75) is 65.0 Å². The van der Waals surface area contributed by atoms with Crippen LogP contribution in [0.2, 0.25) is 0 Å². The highest BCUT2D eigenvalue weighted by Gasteiger charge is 2.34. The van der Waals surface area contributed by atoms with Crippen molar-refractivity contribution in [3.63, 3.8) is 0 Å². The van der Waals surface area contributed by atoms with Gasteiger partial charge in [-0.15, -0.1) is 0 Å². The first-order valence-electron chi connectivity index (χ1n) is 16.1. The summed E-state index contributed by atoms with van der Waals surface area (Å²) in [6.45, 7) is 10.1. The zero-order chi connectivity index (χ0) is 30.2. The van der Waals surface area contributed by atoms with E-state index in [1.165, 1.54) is 16.5 Å². The van der Waals surface area contributed by atoms with Gasteiger partial charge in [0, 0.05) is 63.7 Å². The number of anilines is 1. The first-order chi connectivity index (χ1) is 20.9. The highest BCUT2D eigenvalue weighted by molar-refractivity contribution is 5.94. The maximum atomic E-state index is 12.8. The van der Waals surface area contributed by atoms with Crippen LogP contribution in [0, 0.1) is 5.92 Å². The van der Waals surface area contributed by atoms with Gasteiger partial charge in [0.15, 0.2) is 13.0 Å². The molecule has 0 aromatic heterocycles. The number of benzene rings is 2. The summed E-state index contributed by atoms with van der Waals surface area (Å²) >= 11 is 0. The minimum absolute atomic E-state index is 0.0189. The van der Waals surface area contributed by atoms with Crippen LogP contribution in [0.1, 0.15) is 58.8 Å². The molecule has 0 radical (unpaired) electrons. The molecule has 0 bridgehead atoms. The molecule has 1 saturated heterocycles. The number of nitrogens with zero attached hydrogens (tertiary/aromatic N) is 4. The van der Waals surface area contributed by atoms with E-state index in [0.29, 0.717) is 25.9 Å². The lowest BCUT2D eigenvalue weighted by atomic mass is 10.0. The molecule has 232 valence electrons. The van der Waals surface area contributed by atoms with E-state index in [9.17, 15) is 9.59 Å². The Bertz CT molecular complexity index is 1310. The van der Waals surface area contributed by atoms with Gasteiger partial charge >= 0.3 is 5.97 Å². The van der Waals surface area contributed by atoms with Crippen molar-refractivity contribution >= 4 is 28.3 Å². The van der Waals surface area contributed by atoms with Crippen LogP contribution in [0.3, 0.4) is 0 Å². The Morgan fingerprint density at radius 3 is 2.63 bits per heavy atom. The third-order valence-electron chi connectivity index (χ3n) is 8.92. The standard InChI is InChI=1S/C35H48N4O4/c1-4-10-27(2)25-34(41)43-26-39-32(40)17-15-29-16-18-33(36(3)35(29)39)42-24-8-7-19-37-20-22-38(23-21-37)31-14-9-12-28-11-5-6-13-30(28)31/h5-6,9,11-14,16,18,27,33H,4,7-8,10,15,17,19-26H2,1-3H3. The average Bonchev–Trinajstić information content (AvgIpc) is 3.01. The van der Waals surface area contributed by atoms with E-state index in [1.54, 1.807) is 4.90 Å². The third kappa shape index (κ3) is 7.78. The van der Waals surface area contributed by atoms with Gasteiger partial charge in [-0.3, -0.25) is 19.4 Å². The third-order valence-corrected chi connectivity index (χ3v) is 8.92. The van der Waals surface area contributed by atoms with Crippen molar-refractivity contribution < 1.29 is 19.1 Å². The van der Waals surface area contributed by atoms with Gasteiger partial charge in [-0.1, -0.05) is 69.2 Å². The Morgan fingerprint density at radius 2 is 1.81 bits per heavy atom. The molecule has 3 heterocycles. The van der Waals surface area contributed by atoms with Gasteiger partial charge < -0.3 is 19.3 Å². The molecular weight excluding hydrogens is 540 g/mol. The number of likely N-dealkylation sites (N-methyl/N-ethyl adjacent to an activating group) is 1. The molecule has 3 aliphatic heterocycles. The Balaban J connectivity index is 1.04. The lowest BCUT2D eigenvalue weighted by molar-refractivity contribution is -0.154. The minimum atomic E-state index is -0.253. The molecule has 43 heavy (non-hydrogen) atoms. The predicted molar refractivity (Wildman–Crippen MR) is 171 cm³/mol. The summed E-state index contributed by atoms with van der Waals surface area (Å²) in [6.07, 6.45) is 9.45. The molecule has 8 heteroatoms. The number of piperazine rings is 1. The van der Waals surface area contributed by atoms with Crippen LogP contribution in [-0.2, 0) is 19.1 Å². The predicted octanol–water partition coefficient (Wildman–Crippen LogP) is 5.75. The van der Waals surface area contributed by atoms with Crippen molar-refractivity contribution in [2.75, 3.05) is 58.0 Å². The van der Waals surface area contributed by atoms with Crippen LogP contribution in [0.5, 0.6) is 0 Å². The second kappa shape index (κ2) is 14.9. The molecule has 5 rings (SSSR count). The quantitative estimate of drug-likeness (QED) is 0.218. The summed E-state index contributed by atoms with van der Waals surface area (Å²) in [5.74, 6) is 0.803. The molecule has 2 unspecified atom stereocenters. The van der Waals surface area contributed by atoms with Crippen LogP contribution in [0.4, 0.5) is 5.69 Å². The Hall–Kier alpha value is -3.36. The highest BCUT2D eigenvalue weighted by atomic mass is 16.5. The number of rotatable bonds is 13. The zero-order valence-electron chi connectivity index (χ0n) is 26.2. The number of fused-ring (bicyclic) bond motifs is 1. The number of esters is 1. The normalized spacial score (nSPS) is 20.1. The van der Waals surface area contributed by atoms with Gasteiger partial charge in [0.05, 0.1) is 0 Å². The lowest BCUT2D eigenvalue weighted by Crippen LogP contribution is -2.47. The summed E-state index contributed by atoms with van der Waals surface area (Å²) in [6, 6.07) is 15.2. The van der Waals surface area contributed by atoms with Crippen molar-refractivity contribution in [3.05, 3.63) is 66.0 Å². The Labute approximate surface area is 256 Å². The second-order valence-corrected chi connectivity index (χ2v) is 12.2. The summed E-state index contributed by atoms with van der Waals surface area (Å²) in [4.78, 5) is 33.9. The van der Waals surface area contributed by atoms with Crippen LogP contribution in [0.15, 0.2) is 66.0 Å². The van der Waals surface area contributed by atoms with Crippen LogP contribution < -0.4 is 4.90 Å². The molecule has 0 spiro atoms. The minimum Gasteiger partial charge on any atom is -0.444 e. The second-order valence-electron chi connectivity index (χ2n) is 12.2. The van der Waals surface area contributed by atoms with Crippen molar-refractivity contribution in [1.29, 1.82) is 0 Å². The SMILES string of the molecule is CCCC(C)CC(=O)OCN1C(=O)CCC2=C1N(C)C(OCCCCN1CCN(c3cccc4ccccc34)CC1)C=C2. The van der Waals surface area contributed by atoms with Gasteiger partial charge in [-0.25, -0.2) is 0 Å². The number of carbonyl (C=O) groups is 2. The molecule has 3 aliphatic rings. The van der Waals surface area contributed by atoms with Gasteiger partial charge in [0.25, 0.3) is 0 Å². The molecule has 8 nitrogen and oxygen atoms in total. The summed E-state index contributed by atoms with van der Waals surface area (Å²) in [7, 11) is 1.95. The first kappa shape index (κ1) is 31.1. The van der Waals surface area contributed by atoms with Crippen molar-refractivity contribution in [3.8, 4) is 0 Å². The fraction of sp³-hybridized carbons (Fsp3) is 0.543. The van der Waals surface area contributed by atoms with Crippen LogP contribution in [-0.4, -0.2) is 85.9 Å². The molecule has 2 aromatic carbocycles. The van der Waals surface area contributed by atoms with E-state index < -0.39 is 0 Å². The van der Waals surface area contributed by atoms with E-state index >= 15 is 0 Å². The zero-order valence-corrected chi connectivity index (χ0v) is 26.2. The summed E-state index contributed by atoms with van der Waals surface area (Å²) < 4.78 is 11.8. The van der Waals surface area contributed by atoms with E-state index in [-0.39, 0.29) is 30.8 Å². The van der Waals surface area contributed by atoms with E-state index in [0.717, 1.165) is 69.8 Å². The monoisotopic (exact) mass is 588 g/mol. The molecule has 1 amide bonds.